The quantitative estimate of drug-likeness (QED) is 0.692. The number of hydrogen-bond acceptors (Lipinski definition) is 4. The molecular weight excluding hydrogens is 254 g/mol. The largest absolute Gasteiger partial charge is 0.480 e. The lowest BCUT2D eigenvalue weighted by atomic mass is 10.0. The molecule has 0 bridgehead atoms. The number of carboxylic acids is 1. The van der Waals surface area contributed by atoms with Gasteiger partial charge in [0.2, 0.25) is 0 Å². The molecule has 2 aliphatic rings. The van der Waals surface area contributed by atoms with E-state index in [4.69, 9.17) is 0 Å². The van der Waals surface area contributed by atoms with Gasteiger partial charge in [-0.3, -0.25) is 9.69 Å². The van der Waals surface area contributed by atoms with Crippen LogP contribution in [0.1, 0.15) is 33.1 Å². The molecule has 0 amide bonds. The first-order chi connectivity index (χ1) is 9.53. The maximum Gasteiger partial charge on any atom is 0.324 e. The molecule has 5 nitrogen and oxygen atoms in total. The summed E-state index contributed by atoms with van der Waals surface area (Å²) >= 11 is 0. The normalized spacial score (nSPS) is 24.5. The van der Waals surface area contributed by atoms with Crippen molar-refractivity contribution in [3.05, 3.63) is 0 Å². The van der Waals surface area contributed by atoms with Gasteiger partial charge in [-0.15, -0.1) is 0 Å². The van der Waals surface area contributed by atoms with Crippen LogP contribution in [0.5, 0.6) is 0 Å². The highest BCUT2D eigenvalue weighted by molar-refractivity contribution is 5.78. The topological polar surface area (TPSA) is 55.8 Å². The number of aliphatic carboxylic acids is 1. The molecule has 116 valence electrons. The van der Waals surface area contributed by atoms with Crippen LogP contribution < -0.4 is 5.32 Å². The highest BCUT2D eigenvalue weighted by Gasteiger charge is 2.35. The van der Waals surface area contributed by atoms with Gasteiger partial charge in [-0.05, 0) is 38.6 Å². The molecule has 2 N–H and O–H groups in total. The Morgan fingerprint density at radius 2 is 1.85 bits per heavy atom. The van der Waals surface area contributed by atoms with E-state index in [1.165, 1.54) is 19.4 Å². The summed E-state index contributed by atoms with van der Waals surface area (Å²) in [4.78, 5) is 16.3. The molecule has 1 heterocycles. The van der Waals surface area contributed by atoms with Crippen LogP contribution in [0, 0.1) is 5.92 Å². The van der Waals surface area contributed by atoms with Gasteiger partial charge in [0, 0.05) is 39.3 Å². The predicted molar refractivity (Wildman–Crippen MR) is 79.9 cm³/mol. The van der Waals surface area contributed by atoms with Crippen molar-refractivity contribution in [2.45, 2.75) is 38.6 Å². The van der Waals surface area contributed by atoms with Crippen LogP contribution in [-0.2, 0) is 4.79 Å². The molecule has 0 aromatic heterocycles. The molecule has 0 radical (unpaired) electrons. The standard InChI is InChI=1S/C15H29N3O2/c1-3-6-16-15(2,14(19)20)12-18-9-7-17(8-10-18)11-13-4-5-13/h13,16H,3-12H2,1-2H3,(H,19,20). The van der Waals surface area contributed by atoms with Gasteiger partial charge in [0.1, 0.15) is 5.54 Å². The van der Waals surface area contributed by atoms with Crippen LogP contribution in [0.15, 0.2) is 0 Å². The van der Waals surface area contributed by atoms with Crippen molar-refractivity contribution >= 4 is 5.97 Å². The summed E-state index contributed by atoms with van der Waals surface area (Å²) < 4.78 is 0. The molecule has 1 saturated heterocycles. The highest BCUT2D eigenvalue weighted by atomic mass is 16.4. The summed E-state index contributed by atoms with van der Waals surface area (Å²) in [5.41, 5.74) is -0.825. The molecule has 1 atom stereocenters. The molecule has 2 fully saturated rings. The van der Waals surface area contributed by atoms with Crippen LogP contribution in [0.2, 0.25) is 0 Å². The van der Waals surface area contributed by atoms with Crippen molar-refractivity contribution in [3.63, 3.8) is 0 Å². The average Bonchev–Trinajstić information content (AvgIpc) is 3.22. The Morgan fingerprint density at radius 1 is 1.25 bits per heavy atom. The van der Waals surface area contributed by atoms with Crippen molar-refractivity contribution in [1.29, 1.82) is 0 Å². The van der Waals surface area contributed by atoms with Crippen LogP contribution in [-0.4, -0.2) is 72.2 Å². The molecule has 0 aromatic carbocycles. The summed E-state index contributed by atoms with van der Waals surface area (Å²) in [6, 6.07) is 0. The highest BCUT2D eigenvalue weighted by Crippen LogP contribution is 2.29. The second-order valence-corrected chi connectivity index (χ2v) is 6.58. The molecular formula is C15H29N3O2. The molecule has 1 aliphatic heterocycles. The number of nitrogens with one attached hydrogen (secondary N) is 1. The molecule has 1 aliphatic carbocycles. The number of rotatable bonds is 8. The minimum absolute atomic E-state index is 0.597. The Kier molecular flexibility index (Phi) is 5.41. The first-order valence-electron chi connectivity index (χ1n) is 7.96. The van der Waals surface area contributed by atoms with Crippen LogP contribution in [0.4, 0.5) is 0 Å². The maximum atomic E-state index is 11.5. The molecule has 1 saturated carbocycles. The third kappa shape index (κ3) is 4.43. The molecule has 1 unspecified atom stereocenters. The minimum Gasteiger partial charge on any atom is -0.480 e. The van der Waals surface area contributed by atoms with Crippen molar-refractivity contribution in [2.75, 3.05) is 45.8 Å². The van der Waals surface area contributed by atoms with Gasteiger partial charge >= 0.3 is 5.97 Å². The minimum atomic E-state index is -0.825. The number of piperazine rings is 1. The van der Waals surface area contributed by atoms with Gasteiger partial charge in [0.15, 0.2) is 0 Å². The fourth-order valence-corrected chi connectivity index (χ4v) is 2.84. The monoisotopic (exact) mass is 283 g/mol. The second kappa shape index (κ2) is 6.87. The molecule has 0 aromatic rings. The van der Waals surface area contributed by atoms with Crippen molar-refractivity contribution in [2.24, 2.45) is 5.92 Å². The zero-order valence-corrected chi connectivity index (χ0v) is 12.9. The van der Waals surface area contributed by atoms with Gasteiger partial charge in [-0.25, -0.2) is 0 Å². The zero-order chi connectivity index (χ0) is 14.6. The summed E-state index contributed by atoms with van der Waals surface area (Å²) in [5, 5.41) is 12.7. The van der Waals surface area contributed by atoms with E-state index in [0.29, 0.717) is 6.54 Å². The third-order valence-corrected chi connectivity index (χ3v) is 4.46. The van der Waals surface area contributed by atoms with Crippen molar-refractivity contribution < 1.29 is 9.90 Å². The molecule has 2 rings (SSSR count). The lowest BCUT2D eigenvalue weighted by Gasteiger charge is -2.39. The van der Waals surface area contributed by atoms with Gasteiger partial charge in [-0.2, -0.15) is 0 Å². The van der Waals surface area contributed by atoms with Crippen LogP contribution in [0.3, 0.4) is 0 Å². The Balaban J connectivity index is 1.77. The Bertz CT molecular complexity index is 325. The summed E-state index contributed by atoms with van der Waals surface area (Å²) in [6.07, 6.45) is 3.76. The van der Waals surface area contributed by atoms with Gasteiger partial charge < -0.3 is 15.3 Å². The summed E-state index contributed by atoms with van der Waals surface area (Å²) in [6.45, 7) is 10.6. The average molecular weight is 283 g/mol. The lowest BCUT2D eigenvalue weighted by molar-refractivity contribution is -0.145. The maximum absolute atomic E-state index is 11.5. The fourth-order valence-electron chi connectivity index (χ4n) is 2.84. The Hall–Kier alpha value is -0.650. The first-order valence-corrected chi connectivity index (χ1v) is 7.96. The SMILES string of the molecule is CCCNC(C)(CN1CCN(CC2CC2)CC1)C(=O)O. The van der Waals surface area contributed by atoms with Gasteiger partial charge in [0.05, 0.1) is 0 Å². The summed E-state index contributed by atoms with van der Waals surface area (Å²) in [7, 11) is 0. The third-order valence-electron chi connectivity index (χ3n) is 4.46. The first kappa shape index (κ1) is 15.7. The van der Waals surface area contributed by atoms with Crippen molar-refractivity contribution in [1.82, 2.24) is 15.1 Å². The van der Waals surface area contributed by atoms with E-state index in [2.05, 4.69) is 22.0 Å². The number of nitrogens with zero attached hydrogens (tertiary/aromatic N) is 2. The van der Waals surface area contributed by atoms with E-state index in [1.807, 2.05) is 6.92 Å². The van der Waals surface area contributed by atoms with Crippen LogP contribution in [0.25, 0.3) is 0 Å². The smallest absolute Gasteiger partial charge is 0.324 e. The second-order valence-electron chi connectivity index (χ2n) is 6.58. The van der Waals surface area contributed by atoms with E-state index < -0.39 is 11.5 Å². The molecule has 0 spiro atoms. The van der Waals surface area contributed by atoms with E-state index in [9.17, 15) is 9.90 Å². The van der Waals surface area contributed by atoms with E-state index in [-0.39, 0.29) is 0 Å². The van der Waals surface area contributed by atoms with E-state index >= 15 is 0 Å². The Labute approximate surface area is 122 Å². The van der Waals surface area contributed by atoms with Gasteiger partial charge in [0.25, 0.3) is 0 Å². The zero-order valence-electron chi connectivity index (χ0n) is 12.9. The van der Waals surface area contributed by atoms with Crippen molar-refractivity contribution in [3.8, 4) is 0 Å². The lowest BCUT2D eigenvalue weighted by Crippen LogP contribution is -2.60. The van der Waals surface area contributed by atoms with Crippen LogP contribution >= 0.6 is 0 Å². The van der Waals surface area contributed by atoms with E-state index in [1.54, 1.807) is 0 Å². The van der Waals surface area contributed by atoms with Gasteiger partial charge in [-0.1, -0.05) is 6.92 Å². The molecule has 20 heavy (non-hydrogen) atoms. The fraction of sp³-hybridized carbons (Fsp3) is 0.933. The summed E-state index contributed by atoms with van der Waals surface area (Å²) in [5.74, 6) is 0.198. The number of carbonyl (C=O) groups is 1. The Morgan fingerprint density at radius 3 is 2.35 bits per heavy atom. The van der Waals surface area contributed by atoms with E-state index in [0.717, 1.165) is 45.1 Å². The predicted octanol–water partition coefficient (Wildman–Crippen LogP) is 0.857. The molecule has 5 heteroatoms. The number of hydrogen-bond donors (Lipinski definition) is 2. The number of carboxylic acid groups (broad SMARTS) is 1.